The van der Waals surface area contributed by atoms with Crippen molar-refractivity contribution in [2.75, 3.05) is 0 Å². The molecule has 2 N–H and O–H groups in total. The number of amides is 2. The van der Waals surface area contributed by atoms with Crippen molar-refractivity contribution in [3.8, 4) is 5.69 Å². The fourth-order valence-electron chi connectivity index (χ4n) is 2.58. The van der Waals surface area contributed by atoms with E-state index in [4.69, 9.17) is 0 Å². The highest BCUT2D eigenvalue weighted by Gasteiger charge is 2.20. The van der Waals surface area contributed by atoms with E-state index in [1.807, 2.05) is 32.0 Å². The van der Waals surface area contributed by atoms with Gasteiger partial charge in [-0.3, -0.25) is 20.4 Å². The second-order valence-electron chi connectivity index (χ2n) is 6.29. The molecule has 3 aromatic rings. The molecule has 1 aromatic heterocycles. The van der Waals surface area contributed by atoms with Gasteiger partial charge in [0.15, 0.2) is 0 Å². The van der Waals surface area contributed by atoms with Gasteiger partial charge in [-0.05, 0) is 66.6 Å². The average Bonchev–Trinajstić information content (AvgIpc) is 3.13. The lowest BCUT2D eigenvalue weighted by atomic mass is 10.1. The largest absolute Gasteiger partial charge is 0.272 e. The Bertz CT molecular complexity index is 969. The van der Waals surface area contributed by atoms with E-state index in [0.29, 0.717) is 10.7 Å². The van der Waals surface area contributed by atoms with Crippen LogP contribution in [0, 0.1) is 13.8 Å². The van der Waals surface area contributed by atoms with Crippen LogP contribution in [-0.2, 0) is 4.79 Å². The predicted octanol–water partition coefficient (Wildman–Crippen LogP) is 2.22. The molecule has 0 saturated carbocycles. The van der Waals surface area contributed by atoms with Crippen LogP contribution in [-0.4, -0.2) is 37.3 Å². The summed E-state index contributed by atoms with van der Waals surface area (Å²) in [7, 11) is 0. The molecular formula is C19H20N6O2S. The van der Waals surface area contributed by atoms with Gasteiger partial charge in [-0.15, -0.1) is 5.10 Å². The van der Waals surface area contributed by atoms with E-state index in [0.717, 1.165) is 16.8 Å². The SMILES string of the molecule is Cc1cc(C)cc(-n2nnnc2S[C@H](C)C(=O)NNC(=O)c2ccccc2)c1. The third-order valence-corrected chi connectivity index (χ3v) is 4.91. The number of carbonyl (C=O) groups excluding carboxylic acids is 2. The van der Waals surface area contributed by atoms with E-state index < -0.39 is 5.25 Å². The molecule has 1 atom stereocenters. The highest BCUT2D eigenvalue weighted by molar-refractivity contribution is 8.00. The minimum Gasteiger partial charge on any atom is -0.272 e. The number of carbonyl (C=O) groups is 2. The van der Waals surface area contributed by atoms with Crippen molar-refractivity contribution in [3.63, 3.8) is 0 Å². The Morgan fingerprint density at radius 1 is 1.04 bits per heavy atom. The lowest BCUT2D eigenvalue weighted by Crippen LogP contribution is -2.44. The van der Waals surface area contributed by atoms with Gasteiger partial charge in [-0.1, -0.05) is 36.0 Å². The summed E-state index contributed by atoms with van der Waals surface area (Å²) in [6.45, 7) is 5.72. The molecule has 2 amide bonds. The maximum absolute atomic E-state index is 12.3. The molecule has 28 heavy (non-hydrogen) atoms. The number of hydrogen-bond acceptors (Lipinski definition) is 6. The topological polar surface area (TPSA) is 102 Å². The molecule has 0 radical (unpaired) electrons. The van der Waals surface area contributed by atoms with E-state index in [1.54, 1.807) is 35.9 Å². The van der Waals surface area contributed by atoms with E-state index >= 15 is 0 Å². The Labute approximate surface area is 166 Å². The highest BCUT2D eigenvalue weighted by Crippen LogP contribution is 2.23. The first kappa shape index (κ1) is 19.6. The van der Waals surface area contributed by atoms with Crippen LogP contribution in [0.1, 0.15) is 28.4 Å². The van der Waals surface area contributed by atoms with Gasteiger partial charge < -0.3 is 0 Å². The van der Waals surface area contributed by atoms with Crippen LogP contribution in [0.4, 0.5) is 0 Å². The summed E-state index contributed by atoms with van der Waals surface area (Å²) in [5, 5.41) is 11.7. The number of nitrogens with one attached hydrogen (secondary N) is 2. The summed E-state index contributed by atoms with van der Waals surface area (Å²) < 4.78 is 1.59. The second kappa shape index (κ2) is 8.66. The molecule has 0 fully saturated rings. The van der Waals surface area contributed by atoms with Crippen LogP contribution in [0.3, 0.4) is 0 Å². The quantitative estimate of drug-likeness (QED) is 0.506. The summed E-state index contributed by atoms with van der Waals surface area (Å²) >= 11 is 1.20. The van der Waals surface area contributed by atoms with Gasteiger partial charge in [0.1, 0.15) is 0 Å². The zero-order valence-electron chi connectivity index (χ0n) is 15.7. The molecule has 0 unspecified atom stereocenters. The van der Waals surface area contributed by atoms with Crippen molar-refractivity contribution >= 4 is 23.6 Å². The van der Waals surface area contributed by atoms with Crippen LogP contribution < -0.4 is 10.9 Å². The third kappa shape index (κ3) is 4.74. The van der Waals surface area contributed by atoms with Crippen LogP contribution in [0.15, 0.2) is 53.7 Å². The predicted molar refractivity (Wildman–Crippen MR) is 106 cm³/mol. The number of aromatic nitrogens is 4. The summed E-state index contributed by atoms with van der Waals surface area (Å²) in [6.07, 6.45) is 0. The summed E-state index contributed by atoms with van der Waals surface area (Å²) in [4.78, 5) is 24.4. The molecule has 3 rings (SSSR count). The molecule has 8 nitrogen and oxygen atoms in total. The summed E-state index contributed by atoms with van der Waals surface area (Å²) in [6, 6.07) is 14.6. The molecule has 0 saturated heterocycles. The number of aryl methyl sites for hydroxylation is 2. The molecule has 144 valence electrons. The highest BCUT2D eigenvalue weighted by atomic mass is 32.2. The Morgan fingerprint density at radius 2 is 1.71 bits per heavy atom. The Kier molecular flexibility index (Phi) is 6.05. The van der Waals surface area contributed by atoms with Gasteiger partial charge in [0.05, 0.1) is 10.9 Å². The minimum absolute atomic E-state index is 0.357. The van der Waals surface area contributed by atoms with Crippen molar-refractivity contribution in [1.29, 1.82) is 0 Å². The van der Waals surface area contributed by atoms with Crippen molar-refractivity contribution in [2.24, 2.45) is 0 Å². The first-order valence-corrected chi connectivity index (χ1v) is 9.51. The molecule has 0 aliphatic heterocycles. The monoisotopic (exact) mass is 396 g/mol. The number of benzene rings is 2. The maximum Gasteiger partial charge on any atom is 0.269 e. The maximum atomic E-state index is 12.3. The fraction of sp³-hybridized carbons (Fsp3) is 0.211. The third-order valence-electron chi connectivity index (χ3n) is 3.88. The number of tetrazole rings is 1. The normalized spacial score (nSPS) is 11.7. The number of hydrazine groups is 1. The first-order valence-electron chi connectivity index (χ1n) is 8.63. The fourth-order valence-corrected chi connectivity index (χ4v) is 3.39. The van der Waals surface area contributed by atoms with Crippen molar-refractivity contribution in [2.45, 2.75) is 31.2 Å². The molecule has 9 heteroatoms. The van der Waals surface area contributed by atoms with Gasteiger partial charge >= 0.3 is 0 Å². The van der Waals surface area contributed by atoms with Crippen LogP contribution in [0.5, 0.6) is 0 Å². The Hall–Kier alpha value is -3.20. The Balaban J connectivity index is 1.63. The number of hydrogen-bond donors (Lipinski definition) is 2. The molecule has 2 aromatic carbocycles. The molecule has 0 aliphatic carbocycles. The van der Waals surface area contributed by atoms with Gasteiger partial charge in [0, 0.05) is 5.56 Å². The van der Waals surface area contributed by atoms with Gasteiger partial charge in [0.25, 0.3) is 11.8 Å². The Morgan fingerprint density at radius 3 is 2.39 bits per heavy atom. The van der Waals surface area contributed by atoms with Crippen LogP contribution in [0.25, 0.3) is 5.69 Å². The van der Waals surface area contributed by atoms with E-state index in [9.17, 15) is 9.59 Å². The van der Waals surface area contributed by atoms with Crippen molar-refractivity contribution < 1.29 is 9.59 Å². The summed E-state index contributed by atoms with van der Waals surface area (Å²) in [5.41, 5.74) is 8.32. The zero-order valence-corrected chi connectivity index (χ0v) is 16.5. The van der Waals surface area contributed by atoms with E-state index in [1.165, 1.54) is 11.8 Å². The van der Waals surface area contributed by atoms with Gasteiger partial charge in [-0.25, -0.2) is 0 Å². The molecule has 0 spiro atoms. The molecule has 0 aliphatic rings. The van der Waals surface area contributed by atoms with Gasteiger partial charge in [0.2, 0.25) is 5.16 Å². The van der Waals surface area contributed by atoms with Crippen LogP contribution >= 0.6 is 11.8 Å². The second-order valence-corrected chi connectivity index (χ2v) is 7.60. The zero-order chi connectivity index (χ0) is 20.1. The number of thioether (sulfide) groups is 1. The van der Waals surface area contributed by atoms with E-state index in [2.05, 4.69) is 32.4 Å². The molecule has 1 heterocycles. The minimum atomic E-state index is -0.522. The molecule has 0 bridgehead atoms. The standard InChI is InChI=1S/C19H20N6O2S/c1-12-9-13(2)11-16(10-12)25-19(22-23-24-25)28-14(3)17(26)20-21-18(27)15-7-5-4-6-8-15/h4-11,14H,1-3H3,(H,20,26)(H,21,27)/t14-/m1/s1. The van der Waals surface area contributed by atoms with Gasteiger partial charge in [-0.2, -0.15) is 4.68 Å². The van der Waals surface area contributed by atoms with Crippen LogP contribution in [0.2, 0.25) is 0 Å². The lowest BCUT2D eigenvalue weighted by Gasteiger charge is -2.13. The number of nitrogens with zero attached hydrogens (tertiary/aromatic N) is 4. The van der Waals surface area contributed by atoms with E-state index in [-0.39, 0.29) is 11.8 Å². The molecular weight excluding hydrogens is 376 g/mol. The number of rotatable bonds is 5. The van der Waals surface area contributed by atoms with Crippen molar-refractivity contribution in [3.05, 3.63) is 65.2 Å². The first-order chi connectivity index (χ1) is 13.4. The summed E-state index contributed by atoms with van der Waals surface area (Å²) in [5.74, 6) is -0.740. The lowest BCUT2D eigenvalue weighted by molar-refractivity contribution is -0.121. The van der Waals surface area contributed by atoms with Crippen molar-refractivity contribution in [1.82, 2.24) is 31.1 Å². The smallest absolute Gasteiger partial charge is 0.269 e. The average molecular weight is 396 g/mol.